The number of primary amides is 1. The number of aromatic nitrogens is 2. The quantitative estimate of drug-likeness (QED) is 0.537. The Morgan fingerprint density at radius 3 is 2.36 bits per heavy atom. The van der Waals surface area contributed by atoms with Crippen LogP contribution < -0.4 is 5.73 Å². The van der Waals surface area contributed by atoms with E-state index in [2.05, 4.69) is 5.10 Å². The molecule has 0 aromatic carbocycles. The summed E-state index contributed by atoms with van der Waals surface area (Å²) in [7, 11) is 0. The van der Waals surface area contributed by atoms with E-state index in [9.17, 15) is 4.79 Å². The minimum atomic E-state index is -0.545. The summed E-state index contributed by atoms with van der Waals surface area (Å²) in [5, 5.41) is 3.85. The first kappa shape index (κ1) is 10.7. The zero-order valence-electron chi connectivity index (χ0n) is 5.96. The van der Waals surface area contributed by atoms with E-state index in [4.69, 9.17) is 5.73 Å². The second kappa shape index (κ2) is 3.90. The van der Waals surface area contributed by atoms with Crippen LogP contribution in [0, 0.1) is 13.8 Å². The van der Waals surface area contributed by atoms with E-state index in [0.29, 0.717) is 0 Å². The second-order valence-corrected chi connectivity index (χ2v) is 2.18. The first-order valence-electron chi connectivity index (χ1n) is 2.94. The standard InChI is InChI=1S/C6H9N3O.Na.H/c1-4-3-9(6(7)10)8-5(4)2;;/h3H,1-2H3,(H2,7,10);;. The van der Waals surface area contributed by atoms with Gasteiger partial charge in [-0.25, -0.2) is 4.79 Å². The molecule has 0 aliphatic heterocycles. The molecule has 0 radical (unpaired) electrons. The van der Waals surface area contributed by atoms with Gasteiger partial charge in [-0.1, -0.05) is 0 Å². The van der Waals surface area contributed by atoms with Gasteiger partial charge in [-0.15, -0.1) is 0 Å². The molecule has 2 N–H and O–H groups in total. The summed E-state index contributed by atoms with van der Waals surface area (Å²) in [5.41, 5.74) is 6.76. The number of nitrogens with zero attached hydrogens (tertiary/aromatic N) is 2. The maximum absolute atomic E-state index is 10.5. The van der Waals surface area contributed by atoms with Crippen LogP contribution in [0.3, 0.4) is 0 Å². The molecule has 0 saturated carbocycles. The molecule has 0 aliphatic rings. The minimum absolute atomic E-state index is 0. The van der Waals surface area contributed by atoms with E-state index >= 15 is 0 Å². The number of carbonyl (C=O) groups excluding carboxylic acids is 1. The fourth-order valence-corrected chi connectivity index (χ4v) is 0.659. The van der Waals surface area contributed by atoms with Gasteiger partial charge in [-0.2, -0.15) is 9.78 Å². The van der Waals surface area contributed by atoms with Gasteiger partial charge >= 0.3 is 35.6 Å². The number of amides is 1. The SMILES string of the molecule is Cc1cn(C(N)=O)nc1C.[NaH]. The average Bonchev–Trinajstić information content (AvgIpc) is 2.13. The number of hydrogen-bond acceptors (Lipinski definition) is 2. The molecular formula is C6H10N3NaO. The molecule has 0 unspecified atom stereocenters. The third-order valence-corrected chi connectivity index (χ3v) is 1.37. The molecule has 5 heteroatoms. The van der Waals surface area contributed by atoms with Gasteiger partial charge in [0.2, 0.25) is 0 Å². The predicted octanol–water partition coefficient (Wildman–Crippen LogP) is -0.222. The predicted molar refractivity (Wildman–Crippen MR) is 43.8 cm³/mol. The van der Waals surface area contributed by atoms with Crippen LogP contribution >= 0.6 is 0 Å². The second-order valence-electron chi connectivity index (χ2n) is 2.18. The number of carbonyl (C=O) groups is 1. The van der Waals surface area contributed by atoms with Crippen molar-refractivity contribution >= 4 is 35.6 Å². The summed E-state index contributed by atoms with van der Waals surface area (Å²) >= 11 is 0. The van der Waals surface area contributed by atoms with Crippen molar-refractivity contribution in [1.29, 1.82) is 0 Å². The molecule has 0 fully saturated rings. The molecular weight excluding hydrogens is 153 g/mol. The molecule has 0 spiro atoms. The maximum atomic E-state index is 10.5. The van der Waals surface area contributed by atoms with Crippen molar-refractivity contribution in [3.05, 3.63) is 17.5 Å². The number of rotatable bonds is 0. The summed E-state index contributed by atoms with van der Waals surface area (Å²) in [6.45, 7) is 3.70. The Balaban J connectivity index is 0.000001000. The van der Waals surface area contributed by atoms with Crippen molar-refractivity contribution in [3.8, 4) is 0 Å². The number of aryl methyl sites for hydroxylation is 2. The van der Waals surface area contributed by atoms with E-state index in [0.717, 1.165) is 15.9 Å². The zero-order valence-corrected chi connectivity index (χ0v) is 5.96. The third-order valence-electron chi connectivity index (χ3n) is 1.37. The van der Waals surface area contributed by atoms with Gasteiger partial charge in [0.05, 0.1) is 5.69 Å². The van der Waals surface area contributed by atoms with Gasteiger partial charge in [0.15, 0.2) is 0 Å². The van der Waals surface area contributed by atoms with E-state index < -0.39 is 6.03 Å². The van der Waals surface area contributed by atoms with Gasteiger partial charge in [0.25, 0.3) is 0 Å². The number of hydrogen-bond donors (Lipinski definition) is 1. The van der Waals surface area contributed by atoms with E-state index in [-0.39, 0.29) is 29.6 Å². The fourth-order valence-electron chi connectivity index (χ4n) is 0.659. The Labute approximate surface area is 87.0 Å². The molecule has 0 aliphatic carbocycles. The molecule has 0 atom stereocenters. The van der Waals surface area contributed by atoms with Gasteiger partial charge < -0.3 is 5.73 Å². The van der Waals surface area contributed by atoms with Crippen LogP contribution in [-0.4, -0.2) is 45.4 Å². The van der Waals surface area contributed by atoms with Crippen molar-refractivity contribution in [2.75, 3.05) is 0 Å². The first-order valence-corrected chi connectivity index (χ1v) is 2.94. The van der Waals surface area contributed by atoms with Gasteiger partial charge in [0.1, 0.15) is 0 Å². The Bertz CT molecular complexity index is 249. The number of nitrogens with two attached hydrogens (primary N) is 1. The van der Waals surface area contributed by atoms with Gasteiger partial charge in [-0.05, 0) is 19.4 Å². The molecule has 1 rings (SSSR count). The Morgan fingerprint density at radius 2 is 2.18 bits per heavy atom. The van der Waals surface area contributed by atoms with Crippen LogP contribution in [0.25, 0.3) is 0 Å². The van der Waals surface area contributed by atoms with Crippen molar-refractivity contribution in [3.63, 3.8) is 0 Å². The summed E-state index contributed by atoms with van der Waals surface area (Å²) in [4.78, 5) is 10.5. The molecule has 1 amide bonds. The normalized spacial score (nSPS) is 8.91. The van der Waals surface area contributed by atoms with E-state index in [1.807, 2.05) is 13.8 Å². The molecule has 0 bridgehead atoms. The summed E-state index contributed by atoms with van der Waals surface area (Å²) in [6, 6.07) is -0.545. The van der Waals surface area contributed by atoms with Crippen LogP contribution in [0.5, 0.6) is 0 Å². The molecule has 0 saturated heterocycles. The zero-order chi connectivity index (χ0) is 7.72. The Morgan fingerprint density at radius 1 is 1.64 bits per heavy atom. The summed E-state index contributed by atoms with van der Waals surface area (Å²) < 4.78 is 1.13. The monoisotopic (exact) mass is 163 g/mol. The molecule has 11 heavy (non-hydrogen) atoms. The topological polar surface area (TPSA) is 60.9 Å². The Hall–Kier alpha value is -0.320. The van der Waals surface area contributed by atoms with Crippen LogP contribution in [0.4, 0.5) is 4.79 Å². The van der Waals surface area contributed by atoms with Crippen LogP contribution in [0.2, 0.25) is 0 Å². The first-order chi connectivity index (χ1) is 4.61. The van der Waals surface area contributed by atoms with E-state index in [1.54, 1.807) is 6.20 Å². The Kier molecular flexibility index (Phi) is 3.78. The van der Waals surface area contributed by atoms with Gasteiger partial charge in [0, 0.05) is 6.20 Å². The van der Waals surface area contributed by atoms with Crippen LogP contribution in [-0.2, 0) is 0 Å². The molecule has 1 aromatic heterocycles. The summed E-state index contributed by atoms with van der Waals surface area (Å²) in [6.07, 6.45) is 1.61. The van der Waals surface area contributed by atoms with Crippen LogP contribution in [0.15, 0.2) is 6.20 Å². The van der Waals surface area contributed by atoms with Crippen molar-refractivity contribution in [2.24, 2.45) is 5.73 Å². The molecule has 56 valence electrons. The van der Waals surface area contributed by atoms with Crippen molar-refractivity contribution < 1.29 is 4.79 Å². The van der Waals surface area contributed by atoms with Gasteiger partial charge in [-0.3, -0.25) is 0 Å². The average molecular weight is 163 g/mol. The van der Waals surface area contributed by atoms with Crippen molar-refractivity contribution in [1.82, 2.24) is 9.78 Å². The molecule has 1 heterocycles. The molecule has 1 aromatic rings. The molecule has 4 nitrogen and oxygen atoms in total. The van der Waals surface area contributed by atoms with E-state index in [1.165, 1.54) is 0 Å². The third kappa shape index (κ3) is 2.32. The van der Waals surface area contributed by atoms with Crippen molar-refractivity contribution in [2.45, 2.75) is 13.8 Å². The van der Waals surface area contributed by atoms with Crippen LogP contribution in [0.1, 0.15) is 11.3 Å². The fraction of sp³-hybridized carbons (Fsp3) is 0.333. The summed E-state index contributed by atoms with van der Waals surface area (Å²) in [5.74, 6) is 0.